The molecule has 0 spiro atoms. The number of pyridine rings is 1. The number of hydrogen-bond acceptors (Lipinski definition) is 3. The summed E-state index contributed by atoms with van der Waals surface area (Å²) in [6, 6.07) is 9.88. The Bertz CT molecular complexity index is 990. The molecule has 1 aromatic carbocycles. The van der Waals surface area contributed by atoms with Crippen LogP contribution < -0.4 is 10.1 Å². The molecule has 0 saturated heterocycles. The smallest absolute Gasteiger partial charge is 0.417 e. The van der Waals surface area contributed by atoms with Gasteiger partial charge in [-0.25, -0.2) is 4.98 Å². The molecule has 0 atom stereocenters. The van der Waals surface area contributed by atoms with Crippen LogP contribution in [0.5, 0.6) is 5.88 Å². The molecular weight excluding hydrogens is 383 g/mol. The second kappa shape index (κ2) is 7.77. The molecule has 1 aliphatic rings. The normalized spacial score (nSPS) is 19.8. The van der Waals surface area contributed by atoms with Crippen molar-refractivity contribution in [3.63, 3.8) is 0 Å². The van der Waals surface area contributed by atoms with Gasteiger partial charge in [-0.1, -0.05) is 18.2 Å². The fourth-order valence-electron chi connectivity index (χ4n) is 3.64. The number of para-hydroxylation sites is 1. The average Bonchev–Trinajstić information content (AvgIpc) is 3.13. The molecule has 0 aliphatic heterocycles. The molecule has 8 heteroatoms. The lowest BCUT2D eigenvalue weighted by Gasteiger charge is -2.29. The van der Waals surface area contributed by atoms with E-state index in [2.05, 4.69) is 15.3 Å². The van der Waals surface area contributed by atoms with E-state index >= 15 is 0 Å². The Kier molecular flexibility index (Phi) is 5.17. The third-order valence-electron chi connectivity index (χ3n) is 5.19. The zero-order valence-corrected chi connectivity index (χ0v) is 15.5. The van der Waals surface area contributed by atoms with Gasteiger partial charge in [0.25, 0.3) is 5.91 Å². The Morgan fingerprint density at radius 3 is 2.55 bits per heavy atom. The molecule has 0 bridgehead atoms. The quantitative estimate of drug-likeness (QED) is 0.664. The van der Waals surface area contributed by atoms with E-state index in [0.717, 1.165) is 36.0 Å². The first-order chi connectivity index (χ1) is 13.9. The fraction of sp³-hybridized carbons (Fsp3) is 0.333. The third-order valence-corrected chi connectivity index (χ3v) is 5.19. The summed E-state index contributed by atoms with van der Waals surface area (Å²) >= 11 is 0. The van der Waals surface area contributed by atoms with Crippen molar-refractivity contribution < 1.29 is 22.7 Å². The molecule has 1 aliphatic carbocycles. The monoisotopic (exact) mass is 403 g/mol. The molecule has 29 heavy (non-hydrogen) atoms. The molecule has 3 aromatic rings. The van der Waals surface area contributed by atoms with E-state index in [4.69, 9.17) is 4.74 Å². The Hall–Kier alpha value is -3.03. The molecule has 2 N–H and O–H groups in total. The second-order valence-corrected chi connectivity index (χ2v) is 7.20. The first kappa shape index (κ1) is 19.3. The number of carbonyl (C=O) groups excluding carboxylic acids is 1. The number of alkyl halides is 3. The SMILES string of the molecule is O=C(NC1CCC(Oc2ccc(C(F)(F)F)cn2)CC1)c1c[nH]c2ccccc12. The minimum Gasteiger partial charge on any atom is -0.474 e. The summed E-state index contributed by atoms with van der Waals surface area (Å²) in [6.07, 6.45) is 0.822. The summed E-state index contributed by atoms with van der Waals surface area (Å²) in [6.45, 7) is 0. The molecule has 2 heterocycles. The molecule has 152 valence electrons. The highest BCUT2D eigenvalue weighted by Crippen LogP contribution is 2.30. The number of rotatable bonds is 4. The van der Waals surface area contributed by atoms with Crippen LogP contribution in [0.25, 0.3) is 10.9 Å². The summed E-state index contributed by atoms with van der Waals surface area (Å²) in [5, 5.41) is 3.95. The zero-order chi connectivity index (χ0) is 20.4. The van der Waals surface area contributed by atoms with E-state index in [0.29, 0.717) is 18.4 Å². The predicted octanol–water partition coefficient (Wildman–Crippen LogP) is 4.70. The van der Waals surface area contributed by atoms with E-state index < -0.39 is 11.7 Å². The van der Waals surface area contributed by atoms with Gasteiger partial charge in [-0.3, -0.25) is 4.79 Å². The number of carbonyl (C=O) groups is 1. The van der Waals surface area contributed by atoms with Crippen LogP contribution in [-0.2, 0) is 6.18 Å². The van der Waals surface area contributed by atoms with Gasteiger partial charge < -0.3 is 15.0 Å². The van der Waals surface area contributed by atoms with Gasteiger partial charge in [-0.2, -0.15) is 13.2 Å². The van der Waals surface area contributed by atoms with Crippen molar-refractivity contribution in [3.8, 4) is 5.88 Å². The minimum atomic E-state index is -4.41. The first-order valence-electron chi connectivity index (χ1n) is 9.47. The van der Waals surface area contributed by atoms with E-state index in [1.54, 1.807) is 6.20 Å². The number of nitrogens with one attached hydrogen (secondary N) is 2. The van der Waals surface area contributed by atoms with Gasteiger partial charge >= 0.3 is 6.18 Å². The summed E-state index contributed by atoms with van der Waals surface area (Å²) in [4.78, 5) is 19.5. The molecule has 2 aromatic heterocycles. The predicted molar refractivity (Wildman–Crippen MR) is 102 cm³/mol. The van der Waals surface area contributed by atoms with Crippen LogP contribution in [0.3, 0.4) is 0 Å². The van der Waals surface area contributed by atoms with Crippen LogP contribution in [0, 0.1) is 0 Å². The van der Waals surface area contributed by atoms with Crippen molar-refractivity contribution >= 4 is 16.8 Å². The summed E-state index contributed by atoms with van der Waals surface area (Å²) in [5.74, 6) is 0.0699. The number of fused-ring (bicyclic) bond motifs is 1. The largest absolute Gasteiger partial charge is 0.474 e. The number of benzene rings is 1. The Morgan fingerprint density at radius 2 is 1.86 bits per heavy atom. The van der Waals surface area contributed by atoms with Crippen LogP contribution in [0.2, 0.25) is 0 Å². The van der Waals surface area contributed by atoms with Crippen molar-refractivity contribution in [2.45, 2.75) is 44.0 Å². The Morgan fingerprint density at radius 1 is 1.10 bits per heavy atom. The molecule has 1 fully saturated rings. The standard InChI is InChI=1S/C21H20F3N3O2/c22-21(23,24)13-5-10-19(26-11-13)29-15-8-6-14(7-9-15)27-20(28)17-12-25-18-4-2-1-3-16(17)18/h1-5,10-12,14-15,25H,6-9H2,(H,27,28). The van der Waals surface area contributed by atoms with Gasteiger partial charge in [0.2, 0.25) is 5.88 Å². The first-order valence-corrected chi connectivity index (χ1v) is 9.47. The third kappa shape index (κ3) is 4.36. The molecule has 1 saturated carbocycles. The van der Waals surface area contributed by atoms with Crippen molar-refractivity contribution in [3.05, 3.63) is 59.9 Å². The van der Waals surface area contributed by atoms with Crippen LogP contribution in [0.4, 0.5) is 13.2 Å². The highest BCUT2D eigenvalue weighted by Gasteiger charge is 2.31. The van der Waals surface area contributed by atoms with Crippen LogP contribution >= 0.6 is 0 Å². The van der Waals surface area contributed by atoms with E-state index in [1.165, 1.54) is 6.07 Å². The fourth-order valence-corrected chi connectivity index (χ4v) is 3.64. The van der Waals surface area contributed by atoms with E-state index in [1.807, 2.05) is 24.3 Å². The van der Waals surface area contributed by atoms with Crippen molar-refractivity contribution in [1.82, 2.24) is 15.3 Å². The summed E-state index contributed by atoms with van der Waals surface area (Å²) in [5.41, 5.74) is 0.736. The van der Waals surface area contributed by atoms with Gasteiger partial charge in [0.15, 0.2) is 0 Å². The Labute approximate surface area is 165 Å². The summed E-state index contributed by atoms with van der Waals surface area (Å²) < 4.78 is 43.5. The zero-order valence-electron chi connectivity index (χ0n) is 15.5. The van der Waals surface area contributed by atoms with Crippen molar-refractivity contribution in [2.75, 3.05) is 0 Å². The molecule has 0 unspecified atom stereocenters. The van der Waals surface area contributed by atoms with Gasteiger partial charge in [0.1, 0.15) is 6.10 Å². The second-order valence-electron chi connectivity index (χ2n) is 7.20. The maximum absolute atomic E-state index is 12.6. The van der Waals surface area contributed by atoms with Crippen molar-refractivity contribution in [2.24, 2.45) is 0 Å². The highest BCUT2D eigenvalue weighted by molar-refractivity contribution is 6.06. The summed E-state index contributed by atoms with van der Waals surface area (Å²) in [7, 11) is 0. The van der Waals surface area contributed by atoms with Crippen LogP contribution in [-0.4, -0.2) is 28.0 Å². The number of aromatic amines is 1. The Balaban J connectivity index is 1.30. The van der Waals surface area contributed by atoms with E-state index in [-0.39, 0.29) is 23.9 Å². The maximum atomic E-state index is 12.6. The lowest BCUT2D eigenvalue weighted by atomic mass is 9.92. The highest BCUT2D eigenvalue weighted by atomic mass is 19.4. The molecular formula is C21H20F3N3O2. The number of amides is 1. The number of halogens is 3. The van der Waals surface area contributed by atoms with Crippen LogP contribution in [0.15, 0.2) is 48.8 Å². The lowest BCUT2D eigenvalue weighted by molar-refractivity contribution is -0.137. The minimum absolute atomic E-state index is 0.0385. The number of ether oxygens (including phenoxy) is 1. The van der Waals surface area contributed by atoms with Gasteiger partial charge in [-0.05, 0) is 37.8 Å². The number of H-pyrrole nitrogens is 1. The number of hydrogen-bond donors (Lipinski definition) is 2. The molecule has 5 nitrogen and oxygen atoms in total. The maximum Gasteiger partial charge on any atom is 0.417 e. The van der Waals surface area contributed by atoms with E-state index in [9.17, 15) is 18.0 Å². The number of nitrogens with zero attached hydrogens (tertiary/aromatic N) is 1. The van der Waals surface area contributed by atoms with Gasteiger partial charge in [0.05, 0.1) is 11.1 Å². The molecule has 0 radical (unpaired) electrons. The average molecular weight is 403 g/mol. The number of aromatic nitrogens is 2. The molecule has 4 rings (SSSR count). The topological polar surface area (TPSA) is 67.0 Å². The van der Waals surface area contributed by atoms with Gasteiger partial charge in [0, 0.05) is 35.4 Å². The lowest BCUT2D eigenvalue weighted by Crippen LogP contribution is -2.39. The van der Waals surface area contributed by atoms with Gasteiger partial charge in [-0.15, -0.1) is 0 Å². The molecule has 1 amide bonds. The van der Waals surface area contributed by atoms with Crippen LogP contribution in [0.1, 0.15) is 41.6 Å². The van der Waals surface area contributed by atoms with Crippen molar-refractivity contribution in [1.29, 1.82) is 0 Å².